The number of hydrogen-bond acceptors (Lipinski definition) is 2. The Bertz CT molecular complexity index is 2780. The van der Waals surface area contributed by atoms with Gasteiger partial charge in [-0.05, 0) is 17.7 Å². The van der Waals surface area contributed by atoms with E-state index in [-0.39, 0.29) is 5.78 Å². The average molecular weight is 1050 g/mol. The van der Waals surface area contributed by atoms with Crippen LogP contribution in [0.3, 0.4) is 0 Å². The molecule has 0 saturated heterocycles. The number of aromatic nitrogens is 2. The summed E-state index contributed by atoms with van der Waals surface area (Å²) in [5.74, 6) is -71.3. The lowest BCUT2D eigenvalue weighted by molar-refractivity contribution is -0.690. The van der Waals surface area contributed by atoms with E-state index in [0.29, 0.717) is 6.54 Å². The van der Waals surface area contributed by atoms with Gasteiger partial charge < -0.3 is 0 Å². The highest BCUT2D eigenvalue weighted by atomic mass is 79.9. The van der Waals surface area contributed by atoms with Gasteiger partial charge in [0.1, 0.15) is 52.7 Å². The average Bonchev–Trinajstić information content (AvgIpc) is 3.33. The van der Waals surface area contributed by atoms with E-state index in [1.54, 1.807) is 6.20 Å². The maximum atomic E-state index is 15.4. The third-order valence-corrected chi connectivity index (χ3v) is 10.9. The molecule has 0 aliphatic heterocycles. The van der Waals surface area contributed by atoms with Gasteiger partial charge in [-0.3, -0.25) is 9.78 Å². The number of carbonyl (C=O) groups is 1. The molecule has 7 aromatic rings. The molecule has 3 nitrogen and oxygen atoms in total. The zero-order chi connectivity index (χ0) is 50.4. The summed E-state index contributed by atoms with van der Waals surface area (Å²) in [6.45, 7) is 0.318. The van der Waals surface area contributed by atoms with Crippen molar-refractivity contribution in [3.63, 3.8) is 0 Å². The second kappa shape index (κ2) is 19.4. The van der Waals surface area contributed by atoms with Crippen molar-refractivity contribution < 1.29 is 97.2 Å². The zero-order valence-electron chi connectivity index (χ0n) is 32.7. The molecule has 0 aliphatic carbocycles. The molecule has 7 rings (SSSR count). The summed E-state index contributed by atoms with van der Waals surface area (Å²) in [5, 5.41) is 0. The van der Waals surface area contributed by atoms with E-state index in [0.717, 1.165) is 22.2 Å². The van der Waals surface area contributed by atoms with E-state index in [9.17, 15) is 57.5 Å². The standard InChI is InChI=1S/C24BF20.C19H16BrN2O/c26-5-1(6(27)14(35)21(42)13(5)34)25(2-7(28)15(36)22(43)16(37)8(2)29,3-9(30)17(38)23(44)18(39)10(3)31)4-11(32)19(40)24(45)20(41)12(4)33;20-17-8-6-15(7-9-17)12-18-13-21-10-11-22(18)14-19(23)16-4-2-1-3-5-16/h;1-11,13H,12,14H2/q-1;+1. The van der Waals surface area contributed by atoms with Gasteiger partial charge in [0.2, 0.25) is 18.0 Å². The first kappa shape index (κ1) is 50.6. The van der Waals surface area contributed by atoms with Crippen LogP contribution in [0.2, 0.25) is 0 Å². The molecule has 1 aromatic heterocycles. The lowest BCUT2D eigenvalue weighted by atomic mass is 9.12. The van der Waals surface area contributed by atoms with Crippen LogP contribution in [0, 0.1) is 116 Å². The molecule has 0 N–H and O–H groups in total. The largest absolute Gasteiger partial charge is 0.287 e. The molecule has 0 unspecified atom stereocenters. The van der Waals surface area contributed by atoms with Gasteiger partial charge >= 0.3 is 0 Å². The normalized spacial score (nSPS) is 11.5. The Kier molecular flexibility index (Phi) is 14.5. The molecule has 6 aromatic carbocycles. The van der Waals surface area contributed by atoms with Crippen molar-refractivity contribution in [3.05, 3.63) is 211 Å². The Morgan fingerprint density at radius 1 is 0.441 bits per heavy atom. The molecule has 0 bridgehead atoms. The summed E-state index contributed by atoms with van der Waals surface area (Å²) < 4.78 is 297. The monoisotopic (exact) mass is 1050 g/mol. The minimum absolute atomic E-state index is 0.0962. The summed E-state index contributed by atoms with van der Waals surface area (Å²) in [6, 6.07) is 17.5. The number of rotatable bonds is 9. The van der Waals surface area contributed by atoms with Crippen LogP contribution >= 0.6 is 15.9 Å². The first-order chi connectivity index (χ1) is 31.9. The maximum absolute atomic E-state index is 15.4. The molecular weight excluding hydrogens is 1030 g/mol. The van der Waals surface area contributed by atoms with E-state index in [1.807, 2.05) is 59.4 Å². The van der Waals surface area contributed by atoms with Crippen LogP contribution in [0.15, 0.2) is 77.7 Å². The van der Waals surface area contributed by atoms with Gasteiger partial charge in [0.25, 0.3) is 0 Å². The number of benzene rings is 6. The lowest BCUT2D eigenvalue weighted by Crippen LogP contribution is -2.81. The van der Waals surface area contributed by atoms with Crippen molar-refractivity contribution in [3.8, 4) is 0 Å². The van der Waals surface area contributed by atoms with Gasteiger partial charge in [-0.25, -0.2) is 87.8 Å². The fourth-order valence-electron chi connectivity index (χ4n) is 7.28. The van der Waals surface area contributed by atoms with E-state index < -0.39 is 144 Å². The molecule has 0 spiro atoms. The molecule has 354 valence electrons. The third kappa shape index (κ3) is 8.44. The zero-order valence-corrected chi connectivity index (χ0v) is 34.2. The van der Waals surface area contributed by atoms with Crippen LogP contribution in [0.1, 0.15) is 21.6 Å². The van der Waals surface area contributed by atoms with Crippen molar-refractivity contribution in [2.45, 2.75) is 13.0 Å². The van der Waals surface area contributed by atoms with E-state index in [2.05, 4.69) is 33.0 Å². The SMILES string of the molecule is Fc1c(F)c(F)c([B-](c2c(F)c(F)c(F)c(F)c2F)(c2c(F)c(F)c(F)c(F)c2F)c2c(F)c(F)c(F)c(F)c2F)c(F)c1F.O=C(C[n+]1ccncc1Cc1ccc(Br)cc1)c1ccccc1. The summed E-state index contributed by atoms with van der Waals surface area (Å²) >= 11 is 3.44. The van der Waals surface area contributed by atoms with Gasteiger partial charge in [0.15, 0.2) is 76.0 Å². The molecule has 1 heterocycles. The van der Waals surface area contributed by atoms with Crippen LogP contribution in [0.5, 0.6) is 0 Å². The Morgan fingerprint density at radius 3 is 1.07 bits per heavy atom. The van der Waals surface area contributed by atoms with Crippen LogP contribution < -0.4 is 26.4 Å². The van der Waals surface area contributed by atoms with Gasteiger partial charge in [-0.15, -0.1) is 21.9 Å². The summed E-state index contributed by atoms with van der Waals surface area (Å²) in [5.41, 5.74) is -11.4. The fraction of sp³-hybridized carbons (Fsp3) is 0.0465. The molecule has 0 fully saturated rings. The van der Waals surface area contributed by atoms with Crippen molar-refractivity contribution in [1.82, 2.24) is 4.98 Å². The Labute approximate surface area is 375 Å². The molecule has 0 radical (unpaired) electrons. The molecule has 25 heteroatoms. The summed E-state index contributed by atoms with van der Waals surface area (Å²) in [6.07, 6.45) is -1.09. The highest BCUT2D eigenvalue weighted by Gasteiger charge is 2.52. The highest BCUT2D eigenvalue weighted by molar-refractivity contribution is 9.10. The fourth-order valence-corrected chi connectivity index (χ4v) is 7.54. The number of carbonyl (C=O) groups excluding carboxylic acids is 1. The van der Waals surface area contributed by atoms with Crippen molar-refractivity contribution in [1.29, 1.82) is 0 Å². The molecule has 0 aliphatic rings. The van der Waals surface area contributed by atoms with E-state index in [4.69, 9.17) is 0 Å². The maximum Gasteiger partial charge on any atom is 0.227 e. The van der Waals surface area contributed by atoms with Crippen LogP contribution in [-0.2, 0) is 13.0 Å². The lowest BCUT2D eigenvalue weighted by Gasteiger charge is -2.44. The van der Waals surface area contributed by atoms with Crippen molar-refractivity contribution >= 4 is 49.7 Å². The second-order valence-electron chi connectivity index (χ2n) is 14.1. The highest BCUT2D eigenvalue weighted by Crippen LogP contribution is 2.31. The Morgan fingerprint density at radius 2 is 0.750 bits per heavy atom. The number of hydrogen-bond donors (Lipinski definition) is 0. The summed E-state index contributed by atoms with van der Waals surface area (Å²) in [7, 11) is 0. The van der Waals surface area contributed by atoms with Crippen LogP contribution in [0.25, 0.3) is 0 Å². The van der Waals surface area contributed by atoms with E-state index >= 15 is 35.1 Å². The Hall–Kier alpha value is -6.79. The molecule has 68 heavy (non-hydrogen) atoms. The minimum atomic E-state index is -7.22. The predicted molar refractivity (Wildman–Crippen MR) is 201 cm³/mol. The number of nitrogens with zero attached hydrogens (tertiary/aromatic N) is 2. The van der Waals surface area contributed by atoms with Gasteiger partial charge in [0.05, 0.1) is 18.8 Å². The molecule has 0 atom stereocenters. The smallest absolute Gasteiger partial charge is 0.227 e. The molecular formula is C43H16BBrF20N2O. The molecule has 0 amide bonds. The number of Topliss-reactive ketones (excluding diaryl/α,β-unsaturated/α-hetero) is 1. The van der Waals surface area contributed by atoms with Gasteiger partial charge in [0, 0.05) is 10.0 Å². The Balaban J connectivity index is 0.000000276. The van der Waals surface area contributed by atoms with Crippen LogP contribution in [0.4, 0.5) is 87.8 Å². The molecule has 0 saturated carbocycles. The van der Waals surface area contributed by atoms with Crippen molar-refractivity contribution in [2.75, 3.05) is 0 Å². The predicted octanol–water partition coefficient (Wildman–Crippen LogP) is 9.45. The summed E-state index contributed by atoms with van der Waals surface area (Å²) in [4.78, 5) is 16.6. The van der Waals surface area contributed by atoms with Gasteiger partial charge in [-0.1, -0.05) is 58.4 Å². The second-order valence-corrected chi connectivity index (χ2v) is 15.0. The van der Waals surface area contributed by atoms with E-state index in [1.165, 1.54) is 5.56 Å². The first-order valence-electron chi connectivity index (χ1n) is 18.3. The van der Waals surface area contributed by atoms with Crippen molar-refractivity contribution in [2.24, 2.45) is 0 Å². The topological polar surface area (TPSA) is 33.8 Å². The van der Waals surface area contributed by atoms with Crippen LogP contribution in [-0.4, -0.2) is 16.9 Å². The number of ketones is 1. The minimum Gasteiger partial charge on any atom is -0.287 e. The quantitative estimate of drug-likeness (QED) is 0.0361. The first-order valence-corrected chi connectivity index (χ1v) is 19.1. The number of halogens is 21. The van der Waals surface area contributed by atoms with Gasteiger partial charge in [-0.2, -0.15) is 4.57 Å². The third-order valence-electron chi connectivity index (χ3n) is 10.3.